The second kappa shape index (κ2) is 6.63. The highest BCUT2D eigenvalue weighted by Gasteiger charge is 2.18. The van der Waals surface area contributed by atoms with Gasteiger partial charge < -0.3 is 14.5 Å². The van der Waals surface area contributed by atoms with Crippen molar-refractivity contribution in [2.45, 2.75) is 46.3 Å². The van der Waals surface area contributed by atoms with Crippen molar-refractivity contribution < 1.29 is 13.9 Å². The van der Waals surface area contributed by atoms with E-state index in [1.54, 1.807) is 0 Å². The van der Waals surface area contributed by atoms with Gasteiger partial charge in [-0.15, -0.1) is 0 Å². The van der Waals surface area contributed by atoms with Crippen molar-refractivity contribution in [1.82, 2.24) is 15.5 Å². The molecule has 0 unspecified atom stereocenters. The van der Waals surface area contributed by atoms with E-state index >= 15 is 0 Å². The molecule has 6 heteroatoms. The standard InChI is InChI=1S/C19H23N3O3/c1-5-13-14-8-6-7-9-16(14)24-17(13)15-10-12(21-22-15)11-20-18(23)25-19(2,3)4/h6-10H,5,11H2,1-4H3,(H,20,23)(H,21,22). The molecule has 0 saturated heterocycles. The molecule has 2 aromatic heterocycles. The van der Waals surface area contributed by atoms with Crippen LogP contribution < -0.4 is 5.32 Å². The molecule has 132 valence electrons. The van der Waals surface area contributed by atoms with Gasteiger partial charge in [-0.2, -0.15) is 5.10 Å². The van der Waals surface area contributed by atoms with Gasteiger partial charge in [0.1, 0.15) is 16.9 Å². The molecule has 6 nitrogen and oxygen atoms in total. The highest BCUT2D eigenvalue weighted by molar-refractivity contribution is 5.87. The Bertz CT molecular complexity index is 887. The summed E-state index contributed by atoms with van der Waals surface area (Å²) in [5.41, 5.74) is 2.98. The van der Waals surface area contributed by atoms with Crippen LogP contribution in [0.4, 0.5) is 4.79 Å². The van der Waals surface area contributed by atoms with Crippen LogP contribution in [0.25, 0.3) is 22.4 Å². The van der Waals surface area contributed by atoms with Crippen LogP contribution in [0.3, 0.4) is 0 Å². The summed E-state index contributed by atoms with van der Waals surface area (Å²) in [4.78, 5) is 11.7. The molecule has 0 saturated carbocycles. The Balaban J connectivity index is 1.77. The highest BCUT2D eigenvalue weighted by atomic mass is 16.6. The van der Waals surface area contributed by atoms with Gasteiger partial charge in [-0.3, -0.25) is 5.10 Å². The molecule has 0 fully saturated rings. The Labute approximate surface area is 146 Å². The van der Waals surface area contributed by atoms with E-state index in [1.807, 2.05) is 45.0 Å². The van der Waals surface area contributed by atoms with E-state index in [1.165, 1.54) is 0 Å². The summed E-state index contributed by atoms with van der Waals surface area (Å²) in [6, 6.07) is 9.85. The van der Waals surface area contributed by atoms with E-state index in [4.69, 9.17) is 9.15 Å². The van der Waals surface area contributed by atoms with Crippen molar-refractivity contribution in [2.75, 3.05) is 0 Å². The van der Waals surface area contributed by atoms with Crippen molar-refractivity contribution in [3.63, 3.8) is 0 Å². The number of carbonyl (C=O) groups is 1. The van der Waals surface area contributed by atoms with Crippen LogP contribution in [0.15, 0.2) is 34.7 Å². The maximum absolute atomic E-state index is 11.7. The first kappa shape index (κ1) is 17.1. The summed E-state index contributed by atoms with van der Waals surface area (Å²) < 4.78 is 11.2. The van der Waals surface area contributed by atoms with Gasteiger partial charge in [0.15, 0.2) is 5.76 Å². The van der Waals surface area contributed by atoms with Gasteiger partial charge >= 0.3 is 6.09 Å². The van der Waals surface area contributed by atoms with Crippen LogP contribution in [0, 0.1) is 0 Å². The number of fused-ring (bicyclic) bond motifs is 1. The number of nitrogens with one attached hydrogen (secondary N) is 2. The summed E-state index contributed by atoms with van der Waals surface area (Å²) in [6.45, 7) is 7.89. The molecule has 0 atom stereocenters. The molecule has 3 rings (SSSR count). The number of para-hydroxylation sites is 1. The number of aromatic nitrogens is 2. The number of amides is 1. The van der Waals surface area contributed by atoms with Gasteiger partial charge in [0.2, 0.25) is 0 Å². The minimum Gasteiger partial charge on any atom is -0.454 e. The zero-order chi connectivity index (χ0) is 18.0. The number of nitrogens with zero attached hydrogens (tertiary/aromatic N) is 1. The maximum atomic E-state index is 11.7. The number of hydrogen-bond acceptors (Lipinski definition) is 4. The minimum atomic E-state index is -0.520. The molecule has 0 aliphatic heterocycles. The third-order valence-electron chi connectivity index (χ3n) is 3.74. The number of alkyl carbamates (subject to hydrolysis) is 1. The number of H-pyrrole nitrogens is 1. The van der Waals surface area contributed by atoms with Gasteiger partial charge in [0.25, 0.3) is 0 Å². The van der Waals surface area contributed by atoms with E-state index in [9.17, 15) is 4.79 Å². The quantitative estimate of drug-likeness (QED) is 0.736. The van der Waals surface area contributed by atoms with E-state index in [2.05, 4.69) is 28.5 Å². The Morgan fingerprint density at radius 1 is 1.32 bits per heavy atom. The van der Waals surface area contributed by atoms with Crippen LogP contribution in [-0.4, -0.2) is 21.9 Å². The van der Waals surface area contributed by atoms with Gasteiger partial charge in [0, 0.05) is 10.9 Å². The number of furan rings is 1. The lowest BCUT2D eigenvalue weighted by molar-refractivity contribution is 0.0523. The monoisotopic (exact) mass is 341 g/mol. The van der Waals surface area contributed by atoms with Crippen molar-refractivity contribution in [3.05, 3.63) is 41.6 Å². The minimum absolute atomic E-state index is 0.309. The fraction of sp³-hybridized carbons (Fsp3) is 0.368. The summed E-state index contributed by atoms with van der Waals surface area (Å²) in [5.74, 6) is 0.767. The number of ether oxygens (including phenoxy) is 1. The van der Waals surface area contributed by atoms with E-state index < -0.39 is 11.7 Å². The van der Waals surface area contributed by atoms with Crippen molar-refractivity contribution in [1.29, 1.82) is 0 Å². The number of aromatic amines is 1. The van der Waals surface area contributed by atoms with E-state index in [-0.39, 0.29) is 0 Å². The van der Waals surface area contributed by atoms with E-state index in [0.29, 0.717) is 6.54 Å². The first-order valence-corrected chi connectivity index (χ1v) is 8.39. The number of rotatable bonds is 4. The molecule has 0 radical (unpaired) electrons. The van der Waals surface area contributed by atoms with Crippen LogP contribution in [0.2, 0.25) is 0 Å². The van der Waals surface area contributed by atoms with Crippen LogP contribution >= 0.6 is 0 Å². The first-order valence-electron chi connectivity index (χ1n) is 8.39. The van der Waals surface area contributed by atoms with Crippen molar-refractivity contribution >= 4 is 17.1 Å². The predicted molar refractivity (Wildman–Crippen MR) is 96.2 cm³/mol. The highest BCUT2D eigenvalue weighted by Crippen LogP contribution is 2.33. The molecule has 1 amide bonds. The number of benzene rings is 1. The molecule has 0 aliphatic carbocycles. The molecule has 2 N–H and O–H groups in total. The summed E-state index contributed by atoms with van der Waals surface area (Å²) in [6.07, 6.45) is 0.395. The molecule has 3 aromatic rings. The SMILES string of the molecule is CCc1c(-c2cc(CNC(=O)OC(C)(C)C)[nH]n2)oc2ccccc12. The third-order valence-corrected chi connectivity index (χ3v) is 3.74. The van der Waals surface area contributed by atoms with Crippen LogP contribution in [0.1, 0.15) is 39.0 Å². The lowest BCUT2D eigenvalue weighted by atomic mass is 10.1. The second-order valence-electron chi connectivity index (χ2n) is 6.89. The van der Waals surface area contributed by atoms with Crippen molar-refractivity contribution in [2.24, 2.45) is 0 Å². The molecule has 0 spiro atoms. The fourth-order valence-corrected chi connectivity index (χ4v) is 2.71. The molecule has 25 heavy (non-hydrogen) atoms. The Morgan fingerprint density at radius 3 is 2.80 bits per heavy atom. The first-order chi connectivity index (χ1) is 11.9. The van der Waals surface area contributed by atoms with Gasteiger partial charge in [-0.25, -0.2) is 4.79 Å². The van der Waals surface area contributed by atoms with Crippen LogP contribution in [0.5, 0.6) is 0 Å². The molecule has 2 heterocycles. The Morgan fingerprint density at radius 2 is 2.08 bits per heavy atom. The largest absolute Gasteiger partial charge is 0.454 e. The van der Waals surface area contributed by atoms with Gasteiger partial charge in [-0.05, 0) is 39.3 Å². The lowest BCUT2D eigenvalue weighted by Gasteiger charge is -2.19. The summed E-state index contributed by atoms with van der Waals surface area (Å²) in [7, 11) is 0. The third kappa shape index (κ3) is 3.84. The van der Waals surface area contributed by atoms with Gasteiger partial charge in [-0.1, -0.05) is 25.1 Å². The molecule has 0 aliphatic rings. The topological polar surface area (TPSA) is 80.1 Å². The Kier molecular flexibility index (Phi) is 4.53. The maximum Gasteiger partial charge on any atom is 0.407 e. The zero-order valence-electron chi connectivity index (χ0n) is 15.0. The predicted octanol–water partition coefficient (Wildman–Crippen LogP) is 4.41. The number of aryl methyl sites for hydroxylation is 1. The smallest absolute Gasteiger partial charge is 0.407 e. The lowest BCUT2D eigenvalue weighted by Crippen LogP contribution is -2.32. The summed E-state index contributed by atoms with van der Waals surface area (Å²) in [5, 5.41) is 11.1. The number of carbonyl (C=O) groups excluding carboxylic acids is 1. The number of hydrogen-bond donors (Lipinski definition) is 2. The summed E-state index contributed by atoms with van der Waals surface area (Å²) >= 11 is 0. The second-order valence-corrected chi connectivity index (χ2v) is 6.89. The average Bonchev–Trinajstić information content (AvgIpc) is 3.15. The van der Waals surface area contributed by atoms with Crippen molar-refractivity contribution in [3.8, 4) is 11.5 Å². The molecule has 0 bridgehead atoms. The molecule has 1 aromatic carbocycles. The average molecular weight is 341 g/mol. The zero-order valence-corrected chi connectivity index (χ0v) is 15.0. The molecular formula is C19H23N3O3. The fourth-order valence-electron chi connectivity index (χ4n) is 2.71. The van der Waals surface area contributed by atoms with Crippen LogP contribution in [-0.2, 0) is 17.7 Å². The molecular weight excluding hydrogens is 318 g/mol. The van der Waals surface area contributed by atoms with Gasteiger partial charge in [0.05, 0.1) is 12.2 Å². The normalized spacial score (nSPS) is 11.7. The van der Waals surface area contributed by atoms with E-state index in [0.717, 1.165) is 40.1 Å². The Hall–Kier alpha value is -2.76.